The van der Waals surface area contributed by atoms with Crippen LogP contribution in [0.5, 0.6) is 0 Å². The lowest BCUT2D eigenvalue weighted by atomic mass is 9.86. The van der Waals surface area contributed by atoms with Gasteiger partial charge in [-0.1, -0.05) is 78.9 Å². The van der Waals surface area contributed by atoms with Crippen molar-refractivity contribution in [1.82, 2.24) is 5.32 Å². The second-order valence-corrected chi connectivity index (χ2v) is 11.6. The molecule has 0 aromatic heterocycles. The standard InChI is InChI=1S/C25H35NO4.C7H6O2/c1-23(2,3)27-29-25(30-28-24(4,5)6)17-21(19-13-9-7-10-14-19)26-22(18-25)20-15-11-8-12-16-20;8-7(9)6-4-2-1-3-5-6/h7-16,21-22,26H,17-18H2,1-6H3;1-5H,(H,8,9). The average Bonchev–Trinajstić information content (AvgIpc) is 2.92. The molecule has 1 fully saturated rings. The second-order valence-electron chi connectivity index (χ2n) is 11.6. The zero-order valence-corrected chi connectivity index (χ0v) is 23.7. The van der Waals surface area contributed by atoms with E-state index in [1.54, 1.807) is 30.3 Å². The van der Waals surface area contributed by atoms with Crippen LogP contribution in [0.3, 0.4) is 0 Å². The molecule has 3 aromatic carbocycles. The van der Waals surface area contributed by atoms with Gasteiger partial charge in [-0.05, 0) is 64.8 Å². The van der Waals surface area contributed by atoms with Crippen molar-refractivity contribution < 1.29 is 29.5 Å². The minimum Gasteiger partial charge on any atom is -0.478 e. The lowest BCUT2D eigenvalue weighted by molar-refractivity contribution is -0.547. The van der Waals surface area contributed by atoms with E-state index in [0.717, 1.165) is 0 Å². The molecule has 1 heterocycles. The topological polar surface area (TPSA) is 86.3 Å². The van der Waals surface area contributed by atoms with Crippen LogP contribution >= 0.6 is 0 Å². The molecule has 1 aliphatic heterocycles. The molecule has 1 aliphatic rings. The molecule has 0 radical (unpaired) electrons. The highest BCUT2D eigenvalue weighted by atomic mass is 17.3. The molecular formula is C32H41NO6. The Morgan fingerprint density at radius 1 is 0.692 bits per heavy atom. The van der Waals surface area contributed by atoms with Crippen LogP contribution in [0.1, 0.15) is 88.0 Å². The van der Waals surface area contributed by atoms with Crippen molar-refractivity contribution in [3.63, 3.8) is 0 Å². The van der Waals surface area contributed by atoms with E-state index >= 15 is 0 Å². The zero-order valence-electron chi connectivity index (χ0n) is 23.7. The van der Waals surface area contributed by atoms with Crippen LogP contribution in [-0.2, 0) is 19.6 Å². The summed E-state index contributed by atoms with van der Waals surface area (Å²) in [6, 6.07) is 29.0. The number of hydrogen-bond donors (Lipinski definition) is 2. The van der Waals surface area contributed by atoms with Gasteiger partial charge in [0.1, 0.15) is 0 Å². The molecule has 2 atom stereocenters. The Morgan fingerprint density at radius 3 is 1.36 bits per heavy atom. The summed E-state index contributed by atoms with van der Waals surface area (Å²) in [4.78, 5) is 33.8. The molecule has 7 heteroatoms. The molecule has 0 spiro atoms. The number of carboxylic acids is 1. The van der Waals surface area contributed by atoms with Crippen LogP contribution < -0.4 is 5.32 Å². The van der Waals surface area contributed by atoms with E-state index in [2.05, 4.69) is 29.6 Å². The number of carboxylic acid groups (broad SMARTS) is 1. The van der Waals surface area contributed by atoms with Crippen LogP contribution in [0, 0.1) is 0 Å². The second kappa shape index (κ2) is 13.3. The van der Waals surface area contributed by atoms with E-state index in [9.17, 15) is 4.79 Å². The number of benzene rings is 3. The Labute approximate surface area is 231 Å². The Balaban J connectivity index is 0.000000395. The molecule has 2 N–H and O–H groups in total. The van der Waals surface area contributed by atoms with Crippen LogP contribution in [0.15, 0.2) is 91.0 Å². The first-order chi connectivity index (χ1) is 18.4. The minimum atomic E-state index is -1.06. The molecule has 0 amide bonds. The summed E-state index contributed by atoms with van der Waals surface area (Å²) in [6.45, 7) is 11.7. The molecule has 4 rings (SSSR count). The van der Waals surface area contributed by atoms with Crippen molar-refractivity contribution in [3.05, 3.63) is 108 Å². The van der Waals surface area contributed by atoms with Crippen molar-refractivity contribution in [2.24, 2.45) is 0 Å². The predicted octanol–water partition coefficient (Wildman–Crippen LogP) is 7.43. The quantitative estimate of drug-likeness (QED) is 0.185. The molecule has 7 nitrogen and oxygen atoms in total. The van der Waals surface area contributed by atoms with E-state index < -0.39 is 23.0 Å². The van der Waals surface area contributed by atoms with Crippen molar-refractivity contribution in [2.75, 3.05) is 0 Å². The van der Waals surface area contributed by atoms with Gasteiger partial charge in [0.15, 0.2) is 0 Å². The molecule has 39 heavy (non-hydrogen) atoms. The highest BCUT2D eigenvalue weighted by Crippen LogP contribution is 2.43. The smallest absolute Gasteiger partial charge is 0.335 e. The molecular weight excluding hydrogens is 494 g/mol. The van der Waals surface area contributed by atoms with E-state index in [1.807, 2.05) is 77.9 Å². The van der Waals surface area contributed by atoms with Gasteiger partial charge < -0.3 is 10.4 Å². The van der Waals surface area contributed by atoms with E-state index in [-0.39, 0.29) is 12.1 Å². The van der Waals surface area contributed by atoms with Gasteiger partial charge in [0.05, 0.1) is 16.8 Å². The lowest BCUT2D eigenvalue weighted by Gasteiger charge is -2.44. The zero-order chi connectivity index (χ0) is 28.5. The Hall–Kier alpha value is -3.07. The van der Waals surface area contributed by atoms with Crippen molar-refractivity contribution in [3.8, 4) is 0 Å². The summed E-state index contributed by atoms with van der Waals surface area (Å²) < 4.78 is 0. The maximum Gasteiger partial charge on any atom is 0.335 e. The third-order valence-corrected chi connectivity index (χ3v) is 5.74. The number of hydrogen-bond acceptors (Lipinski definition) is 6. The SMILES string of the molecule is CC(C)(C)OOC1(OOC(C)(C)C)CC(c2ccccc2)NC(c2ccccc2)C1.O=C(O)c1ccccc1. The van der Waals surface area contributed by atoms with Gasteiger partial charge in [-0.15, -0.1) is 0 Å². The van der Waals surface area contributed by atoms with Gasteiger partial charge in [0, 0.05) is 24.9 Å². The van der Waals surface area contributed by atoms with E-state index in [4.69, 9.17) is 24.7 Å². The molecule has 1 saturated heterocycles. The summed E-state index contributed by atoms with van der Waals surface area (Å²) in [5.41, 5.74) is 1.71. The number of piperidine rings is 1. The van der Waals surface area contributed by atoms with Gasteiger partial charge in [-0.3, -0.25) is 0 Å². The van der Waals surface area contributed by atoms with Crippen molar-refractivity contribution in [2.45, 2.75) is 83.5 Å². The highest BCUT2D eigenvalue weighted by Gasteiger charge is 2.47. The normalized spacial score (nSPS) is 19.0. The van der Waals surface area contributed by atoms with Gasteiger partial charge >= 0.3 is 5.97 Å². The van der Waals surface area contributed by atoms with Gasteiger partial charge in [-0.2, -0.15) is 9.78 Å². The first kappa shape index (κ1) is 30.5. The summed E-state index contributed by atoms with van der Waals surface area (Å²) in [5, 5.41) is 12.1. The van der Waals surface area contributed by atoms with Crippen molar-refractivity contribution >= 4 is 5.97 Å². The molecule has 2 unspecified atom stereocenters. The Kier molecular flexibility index (Phi) is 10.4. The lowest BCUT2D eigenvalue weighted by Crippen LogP contribution is -2.50. The maximum absolute atomic E-state index is 10.2. The summed E-state index contributed by atoms with van der Waals surface area (Å²) in [7, 11) is 0. The highest BCUT2D eigenvalue weighted by molar-refractivity contribution is 5.87. The predicted molar refractivity (Wildman–Crippen MR) is 151 cm³/mol. The summed E-state index contributed by atoms with van der Waals surface area (Å²) in [5.74, 6) is -1.94. The summed E-state index contributed by atoms with van der Waals surface area (Å²) in [6.07, 6.45) is 1.10. The molecule has 0 aliphatic carbocycles. The van der Waals surface area contributed by atoms with Crippen LogP contribution in [0.4, 0.5) is 0 Å². The molecule has 210 valence electrons. The first-order valence-electron chi connectivity index (χ1n) is 13.2. The van der Waals surface area contributed by atoms with Gasteiger partial charge in [0.2, 0.25) is 5.79 Å². The monoisotopic (exact) mass is 535 g/mol. The number of carbonyl (C=O) groups is 1. The number of rotatable bonds is 7. The van der Waals surface area contributed by atoms with Crippen LogP contribution in [0.2, 0.25) is 0 Å². The maximum atomic E-state index is 10.2. The number of nitrogens with one attached hydrogen (secondary N) is 1. The number of aromatic carboxylic acids is 1. The van der Waals surface area contributed by atoms with E-state index in [0.29, 0.717) is 18.4 Å². The first-order valence-corrected chi connectivity index (χ1v) is 13.2. The van der Waals surface area contributed by atoms with Gasteiger partial charge in [-0.25, -0.2) is 14.6 Å². The Bertz CT molecular complexity index is 1070. The van der Waals surface area contributed by atoms with Crippen molar-refractivity contribution in [1.29, 1.82) is 0 Å². The fourth-order valence-electron chi connectivity index (χ4n) is 4.00. The third kappa shape index (κ3) is 10.2. The fourth-order valence-corrected chi connectivity index (χ4v) is 4.00. The average molecular weight is 536 g/mol. The van der Waals surface area contributed by atoms with Gasteiger partial charge in [0.25, 0.3) is 0 Å². The van der Waals surface area contributed by atoms with E-state index in [1.165, 1.54) is 11.1 Å². The minimum absolute atomic E-state index is 0.0114. The third-order valence-electron chi connectivity index (χ3n) is 5.74. The Morgan fingerprint density at radius 2 is 1.05 bits per heavy atom. The van der Waals surface area contributed by atoms with Crippen LogP contribution in [-0.4, -0.2) is 28.1 Å². The van der Waals surface area contributed by atoms with Crippen LogP contribution in [0.25, 0.3) is 0 Å². The molecule has 0 saturated carbocycles. The fraction of sp³-hybridized carbons (Fsp3) is 0.406. The summed E-state index contributed by atoms with van der Waals surface area (Å²) >= 11 is 0. The molecule has 3 aromatic rings. The molecule has 0 bridgehead atoms. The largest absolute Gasteiger partial charge is 0.478 e.